The van der Waals surface area contributed by atoms with E-state index in [2.05, 4.69) is 44.0 Å². The zero-order chi connectivity index (χ0) is 16.2. The second-order valence-corrected chi connectivity index (χ2v) is 6.56. The molecule has 114 valence electrons. The Bertz CT molecular complexity index is 522. The third-order valence-electron chi connectivity index (χ3n) is 4.14. The Morgan fingerprint density at radius 1 is 1.24 bits per heavy atom. The molecule has 0 aliphatic rings. The van der Waals surface area contributed by atoms with Gasteiger partial charge in [-0.1, -0.05) is 20.8 Å². The van der Waals surface area contributed by atoms with Crippen molar-refractivity contribution in [2.45, 2.75) is 46.7 Å². The lowest BCUT2D eigenvalue weighted by Crippen LogP contribution is -2.48. The van der Waals surface area contributed by atoms with Crippen LogP contribution in [0.3, 0.4) is 0 Å². The van der Waals surface area contributed by atoms with Crippen LogP contribution in [0.2, 0.25) is 0 Å². The van der Waals surface area contributed by atoms with Gasteiger partial charge in [-0.3, -0.25) is 9.69 Å². The van der Waals surface area contributed by atoms with Crippen LogP contribution in [0.5, 0.6) is 0 Å². The average Bonchev–Trinajstić information content (AvgIpc) is 2.44. The second-order valence-electron chi connectivity index (χ2n) is 6.56. The normalized spacial score (nSPS) is 14.4. The van der Waals surface area contributed by atoms with Gasteiger partial charge in [-0.15, -0.1) is 0 Å². The van der Waals surface area contributed by atoms with E-state index in [1.807, 2.05) is 14.0 Å². The van der Waals surface area contributed by atoms with E-state index in [4.69, 9.17) is 5.26 Å². The molecule has 2 unspecified atom stereocenters. The molecule has 0 fully saturated rings. The minimum atomic E-state index is -0.227. The summed E-state index contributed by atoms with van der Waals surface area (Å²) in [5.74, 6) is -0.0432. The zero-order valence-electron chi connectivity index (χ0n) is 13.8. The predicted octanol–water partition coefficient (Wildman–Crippen LogP) is 3.25. The van der Waals surface area contributed by atoms with E-state index >= 15 is 0 Å². The summed E-state index contributed by atoms with van der Waals surface area (Å²) in [6.45, 7) is 10.5. The third kappa shape index (κ3) is 4.57. The van der Waals surface area contributed by atoms with Crippen LogP contribution in [0.4, 0.5) is 5.69 Å². The van der Waals surface area contributed by atoms with Crippen molar-refractivity contribution in [3.63, 3.8) is 0 Å². The van der Waals surface area contributed by atoms with Gasteiger partial charge in [0.2, 0.25) is 5.91 Å². The van der Waals surface area contributed by atoms with Crippen molar-refractivity contribution in [3.05, 3.63) is 29.8 Å². The van der Waals surface area contributed by atoms with Gasteiger partial charge in [0.05, 0.1) is 17.7 Å². The van der Waals surface area contributed by atoms with Crippen molar-refractivity contribution < 1.29 is 4.79 Å². The van der Waals surface area contributed by atoms with Crippen molar-refractivity contribution >= 4 is 11.6 Å². The van der Waals surface area contributed by atoms with Gasteiger partial charge < -0.3 is 5.32 Å². The molecule has 0 heterocycles. The molecule has 1 rings (SSSR count). The lowest BCUT2D eigenvalue weighted by molar-refractivity contribution is -0.121. The van der Waals surface area contributed by atoms with E-state index in [-0.39, 0.29) is 23.4 Å². The van der Waals surface area contributed by atoms with E-state index in [1.165, 1.54) is 0 Å². The molecule has 0 aliphatic heterocycles. The van der Waals surface area contributed by atoms with Gasteiger partial charge in [0.15, 0.2) is 0 Å². The number of rotatable bonds is 4. The minimum absolute atomic E-state index is 0.0432. The van der Waals surface area contributed by atoms with Crippen molar-refractivity contribution in [1.82, 2.24) is 4.90 Å². The van der Waals surface area contributed by atoms with Crippen LogP contribution in [0.1, 0.15) is 40.2 Å². The van der Waals surface area contributed by atoms with Crippen LogP contribution in [-0.2, 0) is 4.79 Å². The van der Waals surface area contributed by atoms with Gasteiger partial charge in [-0.25, -0.2) is 0 Å². The number of nitriles is 1. The molecule has 0 bridgehead atoms. The summed E-state index contributed by atoms with van der Waals surface area (Å²) in [5.41, 5.74) is 1.40. The molecule has 4 nitrogen and oxygen atoms in total. The maximum Gasteiger partial charge on any atom is 0.241 e. The second kappa shape index (κ2) is 6.73. The highest BCUT2D eigenvalue weighted by molar-refractivity contribution is 5.94. The molecule has 1 aromatic rings. The summed E-state index contributed by atoms with van der Waals surface area (Å²) in [4.78, 5) is 14.4. The first-order chi connectivity index (χ1) is 9.66. The summed E-state index contributed by atoms with van der Waals surface area (Å²) in [7, 11) is 1.97. The summed E-state index contributed by atoms with van der Waals surface area (Å²) in [5, 5.41) is 11.7. The highest BCUT2D eigenvalue weighted by Gasteiger charge is 2.29. The number of nitrogens with zero attached hydrogens (tertiary/aromatic N) is 2. The molecule has 21 heavy (non-hydrogen) atoms. The Balaban J connectivity index is 2.72. The fraction of sp³-hybridized carbons (Fsp3) is 0.529. The number of nitrogens with one attached hydrogen (secondary N) is 1. The Morgan fingerprint density at radius 3 is 2.19 bits per heavy atom. The van der Waals surface area contributed by atoms with Gasteiger partial charge >= 0.3 is 0 Å². The monoisotopic (exact) mass is 287 g/mol. The molecular formula is C17H25N3O. The number of hydrogen-bond donors (Lipinski definition) is 1. The van der Waals surface area contributed by atoms with Crippen LogP contribution < -0.4 is 5.32 Å². The average molecular weight is 287 g/mol. The highest BCUT2D eigenvalue weighted by Crippen LogP contribution is 2.24. The van der Waals surface area contributed by atoms with Crippen LogP contribution in [-0.4, -0.2) is 29.9 Å². The first-order valence-electron chi connectivity index (χ1n) is 7.19. The number of hydrogen-bond acceptors (Lipinski definition) is 3. The number of anilines is 1. The molecule has 0 aromatic heterocycles. The molecule has 1 amide bonds. The van der Waals surface area contributed by atoms with Crippen molar-refractivity contribution in [1.29, 1.82) is 5.26 Å². The molecule has 0 aliphatic carbocycles. The molecule has 0 radical (unpaired) electrons. The van der Waals surface area contributed by atoms with Crippen LogP contribution in [0.15, 0.2) is 24.3 Å². The van der Waals surface area contributed by atoms with Gasteiger partial charge in [-0.2, -0.15) is 5.26 Å². The summed E-state index contributed by atoms with van der Waals surface area (Å²) in [6.07, 6.45) is 0. The molecular weight excluding hydrogens is 262 g/mol. The van der Waals surface area contributed by atoms with Gasteiger partial charge in [0, 0.05) is 11.7 Å². The molecule has 2 atom stereocenters. The van der Waals surface area contributed by atoms with E-state index < -0.39 is 0 Å². The SMILES string of the molecule is CC(C(=O)Nc1ccc(C#N)cc1)N(C)C(C)C(C)(C)C. The minimum Gasteiger partial charge on any atom is -0.325 e. The quantitative estimate of drug-likeness (QED) is 0.924. The first kappa shape index (κ1) is 17.2. The Morgan fingerprint density at radius 2 is 1.76 bits per heavy atom. The number of likely N-dealkylation sites (N-methyl/N-ethyl adjacent to an activating group) is 1. The molecule has 0 saturated heterocycles. The maximum atomic E-state index is 12.3. The van der Waals surface area contributed by atoms with Gasteiger partial charge in [0.1, 0.15) is 0 Å². The van der Waals surface area contributed by atoms with E-state index in [0.717, 1.165) is 0 Å². The van der Waals surface area contributed by atoms with Crippen LogP contribution in [0.25, 0.3) is 0 Å². The van der Waals surface area contributed by atoms with E-state index in [9.17, 15) is 4.79 Å². The lowest BCUT2D eigenvalue weighted by Gasteiger charge is -2.38. The number of carbonyl (C=O) groups is 1. The zero-order valence-corrected chi connectivity index (χ0v) is 13.8. The molecule has 0 saturated carbocycles. The van der Waals surface area contributed by atoms with E-state index in [0.29, 0.717) is 11.3 Å². The molecule has 1 N–H and O–H groups in total. The standard InChI is InChI=1S/C17H25N3O/c1-12(20(6)13(2)17(3,4)5)16(21)19-15-9-7-14(11-18)8-10-15/h7-10,12-13H,1-6H3,(H,19,21). The fourth-order valence-electron chi connectivity index (χ4n) is 2.01. The molecule has 0 spiro atoms. The molecule has 4 heteroatoms. The topological polar surface area (TPSA) is 56.1 Å². The number of carbonyl (C=O) groups excluding carboxylic acids is 1. The van der Waals surface area contributed by atoms with Crippen LogP contribution >= 0.6 is 0 Å². The van der Waals surface area contributed by atoms with Crippen molar-refractivity contribution in [2.75, 3.05) is 12.4 Å². The smallest absolute Gasteiger partial charge is 0.241 e. The largest absolute Gasteiger partial charge is 0.325 e. The van der Waals surface area contributed by atoms with E-state index in [1.54, 1.807) is 24.3 Å². The predicted molar refractivity (Wildman–Crippen MR) is 85.9 cm³/mol. The lowest BCUT2D eigenvalue weighted by atomic mass is 9.86. The number of benzene rings is 1. The summed E-state index contributed by atoms with van der Waals surface area (Å²) in [6, 6.07) is 8.99. The van der Waals surface area contributed by atoms with Crippen molar-refractivity contribution in [2.24, 2.45) is 5.41 Å². The van der Waals surface area contributed by atoms with Crippen LogP contribution in [0, 0.1) is 16.7 Å². The summed E-state index contributed by atoms with van der Waals surface area (Å²) < 4.78 is 0. The first-order valence-corrected chi connectivity index (χ1v) is 7.19. The maximum absolute atomic E-state index is 12.3. The summed E-state index contributed by atoms with van der Waals surface area (Å²) >= 11 is 0. The molecule has 1 aromatic carbocycles. The fourth-order valence-corrected chi connectivity index (χ4v) is 2.01. The Kier molecular flexibility index (Phi) is 5.51. The Labute approximate surface area is 127 Å². The third-order valence-corrected chi connectivity index (χ3v) is 4.14. The van der Waals surface area contributed by atoms with Crippen molar-refractivity contribution in [3.8, 4) is 6.07 Å². The highest BCUT2D eigenvalue weighted by atomic mass is 16.2. The van der Waals surface area contributed by atoms with Gasteiger partial charge in [0.25, 0.3) is 0 Å². The van der Waals surface area contributed by atoms with Gasteiger partial charge in [-0.05, 0) is 50.6 Å². The Hall–Kier alpha value is -1.86. The number of amides is 1.